The highest BCUT2D eigenvalue weighted by Gasteiger charge is 2.43. The van der Waals surface area contributed by atoms with E-state index in [1.165, 1.54) is 18.2 Å². The van der Waals surface area contributed by atoms with E-state index < -0.39 is 52.2 Å². The molecule has 0 aromatic heterocycles. The van der Waals surface area contributed by atoms with Crippen LogP contribution in [0.5, 0.6) is 0 Å². The van der Waals surface area contributed by atoms with Gasteiger partial charge in [-0.2, -0.15) is 0 Å². The van der Waals surface area contributed by atoms with Crippen LogP contribution >= 0.6 is 0 Å². The molecule has 0 radical (unpaired) electrons. The van der Waals surface area contributed by atoms with Gasteiger partial charge in [0.2, 0.25) is 5.36 Å². The van der Waals surface area contributed by atoms with Gasteiger partial charge in [0.25, 0.3) is 0 Å². The van der Waals surface area contributed by atoms with Crippen LogP contribution in [0.25, 0.3) is 17.4 Å². The SMILES string of the molecule is CC[N+](CCCS(=O)(=O)[O-])=c1ccc2c(C(C)(C)C)cc(/C=C/C=C3/N(CCOCCOCCOCCOCCOCCOCCO)c4ccc(S(=O)(=O)[O-])cc4C3(C)CCCS(=O)(=O)[O-])oc-2c1. The molecule has 0 amide bonds. The van der Waals surface area contributed by atoms with Gasteiger partial charge in [-0.3, -0.25) is 0 Å². The average Bonchev–Trinajstić information content (AvgIpc) is 3.49. The molecule has 0 spiro atoms. The largest absolute Gasteiger partial charge is 0.748 e. The van der Waals surface area contributed by atoms with Gasteiger partial charge in [0.1, 0.15) is 34.7 Å². The minimum atomic E-state index is -4.88. The molecule has 1 aliphatic carbocycles. The first-order valence-electron chi connectivity index (χ1n) is 22.9. The number of hydrogen-bond acceptors (Lipinski definition) is 18. The minimum Gasteiger partial charge on any atom is -0.748 e. The van der Waals surface area contributed by atoms with Crippen LogP contribution in [0.3, 0.4) is 0 Å². The van der Waals surface area contributed by atoms with Crippen LogP contribution in [-0.4, -0.2) is 161 Å². The summed E-state index contributed by atoms with van der Waals surface area (Å²) in [5.74, 6) is -0.0612. The van der Waals surface area contributed by atoms with Crippen LogP contribution in [0.1, 0.15) is 70.8 Å². The number of ether oxygens (including phenoxy) is 6. The number of allylic oxidation sites excluding steroid dienone is 3. The van der Waals surface area contributed by atoms with E-state index in [-0.39, 0.29) is 64.3 Å². The summed E-state index contributed by atoms with van der Waals surface area (Å²) in [6.45, 7) is 15.2. The van der Waals surface area contributed by atoms with Crippen LogP contribution in [0.2, 0.25) is 0 Å². The fourth-order valence-corrected chi connectivity index (χ4v) is 9.42. The molecule has 2 aliphatic heterocycles. The maximum Gasteiger partial charge on any atom is 0.203 e. The Labute approximate surface area is 407 Å². The highest BCUT2D eigenvalue weighted by atomic mass is 32.2. The molecule has 22 heteroatoms. The highest BCUT2D eigenvalue weighted by Crippen LogP contribution is 2.51. The zero-order chi connectivity index (χ0) is 50.7. The van der Waals surface area contributed by atoms with E-state index in [0.717, 1.165) is 16.5 Å². The molecule has 0 saturated carbocycles. The van der Waals surface area contributed by atoms with Crippen molar-refractivity contribution in [2.45, 2.75) is 69.6 Å². The highest BCUT2D eigenvalue weighted by molar-refractivity contribution is 7.86. The topological polar surface area (TPSA) is 267 Å². The first-order chi connectivity index (χ1) is 32.6. The molecule has 3 aliphatic rings. The molecule has 2 heterocycles. The first kappa shape index (κ1) is 58.0. The Morgan fingerprint density at radius 2 is 1.29 bits per heavy atom. The maximum absolute atomic E-state index is 12.3. The van der Waals surface area contributed by atoms with Crippen LogP contribution in [-0.2, 0) is 69.6 Å². The second kappa shape index (κ2) is 27.3. The normalized spacial score (nSPS) is 16.9. The Bertz CT molecular complexity index is 2540. The van der Waals surface area contributed by atoms with Crippen LogP contribution in [0, 0.1) is 0 Å². The monoisotopic (exact) mass is 1030 g/mol. The molecule has 0 bridgehead atoms. The third-order valence-electron chi connectivity index (χ3n) is 11.3. The Morgan fingerprint density at radius 3 is 1.81 bits per heavy atom. The maximum atomic E-state index is 12.3. The van der Waals surface area contributed by atoms with Gasteiger partial charge >= 0.3 is 0 Å². The number of aliphatic hydroxyl groups is 1. The molecule has 1 aromatic carbocycles. The molecular formula is C47H68N2O17S3-2. The van der Waals surface area contributed by atoms with Gasteiger partial charge in [0.05, 0.1) is 117 Å². The number of anilines is 1. The van der Waals surface area contributed by atoms with Crippen molar-refractivity contribution in [3.05, 3.63) is 82.6 Å². The number of benzene rings is 2. The Balaban J connectivity index is 1.53. The van der Waals surface area contributed by atoms with Crippen LogP contribution in [0.4, 0.5) is 5.69 Å². The first-order valence-corrected chi connectivity index (χ1v) is 27.5. The Hall–Kier alpha value is -3.62. The number of aliphatic hydroxyl groups excluding tert-OH is 1. The predicted octanol–water partition coefficient (Wildman–Crippen LogP) is 3.41. The lowest BCUT2D eigenvalue weighted by Gasteiger charge is -2.30. The third-order valence-corrected chi connectivity index (χ3v) is 13.7. The zero-order valence-electron chi connectivity index (χ0n) is 40.2. The predicted molar refractivity (Wildman–Crippen MR) is 256 cm³/mol. The van der Waals surface area contributed by atoms with E-state index in [0.29, 0.717) is 94.4 Å². The molecule has 0 saturated heterocycles. The summed E-state index contributed by atoms with van der Waals surface area (Å²) >= 11 is 0. The molecule has 1 aromatic rings. The van der Waals surface area contributed by atoms with Crippen molar-refractivity contribution in [1.29, 1.82) is 0 Å². The summed E-state index contributed by atoms with van der Waals surface area (Å²) in [6, 6.07) is 11.8. The van der Waals surface area contributed by atoms with Crippen LogP contribution < -0.4 is 14.8 Å². The van der Waals surface area contributed by atoms with E-state index in [9.17, 15) is 38.9 Å². The Morgan fingerprint density at radius 1 is 0.739 bits per heavy atom. The molecule has 1 N–H and O–H groups in total. The smallest absolute Gasteiger partial charge is 0.203 e. The average molecular weight is 1030 g/mol. The van der Waals surface area contributed by atoms with Crippen molar-refractivity contribution in [3.8, 4) is 11.3 Å². The summed E-state index contributed by atoms with van der Waals surface area (Å²) in [5.41, 5.74) is 2.16. The summed E-state index contributed by atoms with van der Waals surface area (Å²) in [5, 5.41) is 9.47. The van der Waals surface area contributed by atoms with E-state index in [1.54, 1.807) is 12.2 Å². The lowest BCUT2D eigenvalue weighted by atomic mass is 9.77. The summed E-state index contributed by atoms with van der Waals surface area (Å²) in [4.78, 5) is 1.47. The van der Waals surface area contributed by atoms with Gasteiger partial charge in [0.15, 0.2) is 0 Å². The molecule has 0 fully saturated rings. The number of hydrogen-bond donors (Lipinski definition) is 1. The van der Waals surface area contributed by atoms with Gasteiger partial charge in [-0.25, -0.2) is 29.8 Å². The van der Waals surface area contributed by atoms with Gasteiger partial charge in [-0.1, -0.05) is 26.8 Å². The van der Waals surface area contributed by atoms with E-state index >= 15 is 0 Å². The molecule has 19 nitrogen and oxygen atoms in total. The van der Waals surface area contributed by atoms with Crippen LogP contribution in [0.15, 0.2) is 69.6 Å². The number of fused-ring (bicyclic) bond motifs is 2. The van der Waals surface area contributed by atoms with Crippen molar-refractivity contribution in [2.24, 2.45) is 0 Å². The molecule has 1 atom stereocenters. The van der Waals surface area contributed by atoms with Gasteiger partial charge in [-0.15, -0.1) is 0 Å². The second-order valence-electron chi connectivity index (χ2n) is 17.5. The molecular weight excluding hydrogens is 961 g/mol. The van der Waals surface area contributed by atoms with Crippen molar-refractivity contribution in [2.75, 3.05) is 122 Å². The molecule has 69 heavy (non-hydrogen) atoms. The summed E-state index contributed by atoms with van der Waals surface area (Å²) in [6.07, 6.45) is 5.58. The molecule has 4 rings (SSSR count). The number of rotatable bonds is 32. The minimum absolute atomic E-state index is 0.0273. The van der Waals surface area contributed by atoms with E-state index in [2.05, 4.69) is 20.8 Å². The van der Waals surface area contributed by atoms with Gasteiger partial charge < -0.3 is 56.5 Å². The number of nitrogens with zero attached hydrogens (tertiary/aromatic N) is 2. The Kier molecular flexibility index (Phi) is 22.9. The lowest BCUT2D eigenvalue weighted by molar-refractivity contribution is -0.0179. The molecule has 388 valence electrons. The second-order valence-corrected chi connectivity index (χ2v) is 21.9. The fourth-order valence-electron chi connectivity index (χ4n) is 7.95. The quantitative estimate of drug-likeness (QED) is 0.0533. The van der Waals surface area contributed by atoms with Gasteiger partial charge in [0, 0.05) is 52.9 Å². The van der Waals surface area contributed by atoms with Gasteiger partial charge in [-0.05, 0) is 85.7 Å². The van der Waals surface area contributed by atoms with Crippen molar-refractivity contribution >= 4 is 42.1 Å². The fraction of sp³-hybridized carbons (Fsp3) is 0.596. The van der Waals surface area contributed by atoms with Crippen molar-refractivity contribution < 1.29 is 76.9 Å². The lowest BCUT2D eigenvalue weighted by Crippen LogP contribution is -2.31. The zero-order valence-corrected chi connectivity index (χ0v) is 42.7. The standard InChI is InChI=1S/C47H70N2O17S3/c1-6-48(17-9-33-68(54,55)56)37-12-14-40-41(46(2,3)4)35-38(66-44(40)34-37)10-7-11-45-47(5,16-8-32-67(51,52)53)42-36-39(69(57,58)59)13-15-43(42)49(45)18-20-60-22-24-62-26-28-64-30-31-65-29-27-63-25-23-61-21-19-50/h7,10-15,34-36,50H,6,8-9,16-33H2,1-5H3,(H2-,51,52,53,54,55,56,57,58,59)/p-2. The van der Waals surface area contributed by atoms with E-state index in [1.807, 2.05) is 53.7 Å². The van der Waals surface area contributed by atoms with Crippen molar-refractivity contribution in [1.82, 2.24) is 4.58 Å². The summed E-state index contributed by atoms with van der Waals surface area (Å²) < 4.78 is 147. The van der Waals surface area contributed by atoms with E-state index in [4.69, 9.17) is 37.9 Å². The van der Waals surface area contributed by atoms with Crippen molar-refractivity contribution in [3.63, 3.8) is 0 Å². The third kappa shape index (κ3) is 19.1. The summed E-state index contributed by atoms with van der Waals surface area (Å²) in [7, 11) is -13.8. The molecule has 1 unspecified atom stereocenters.